The Labute approximate surface area is 157 Å². The van der Waals surface area contributed by atoms with Crippen LogP contribution in [-0.4, -0.2) is 0 Å². The van der Waals surface area contributed by atoms with Crippen LogP contribution in [0.4, 0.5) is 11.4 Å². The maximum absolute atomic E-state index is 2.29. The first-order valence-electron chi connectivity index (χ1n) is 9.45. The zero-order valence-corrected chi connectivity index (χ0v) is 15.5. The Morgan fingerprint density at radius 3 is 1.88 bits per heavy atom. The van der Waals surface area contributed by atoms with Crippen molar-refractivity contribution < 1.29 is 0 Å². The Morgan fingerprint density at radius 2 is 1.27 bits per heavy atom. The van der Waals surface area contributed by atoms with Gasteiger partial charge >= 0.3 is 0 Å². The zero-order chi connectivity index (χ0) is 18.0. The van der Waals surface area contributed by atoms with E-state index in [1.807, 2.05) is 0 Å². The maximum Gasteiger partial charge on any atom is 0.0455 e. The molecule has 0 saturated carbocycles. The van der Waals surface area contributed by atoms with Gasteiger partial charge in [0.05, 0.1) is 0 Å². The highest BCUT2D eigenvalue weighted by Crippen LogP contribution is 2.25. The van der Waals surface area contributed by atoms with Crippen LogP contribution >= 0.6 is 0 Å². The van der Waals surface area contributed by atoms with Crippen molar-refractivity contribution in [3.05, 3.63) is 108 Å². The minimum Gasteiger partial charge on any atom is -0.318 e. The normalized spacial score (nSPS) is 11.0. The Bertz CT molecular complexity index is 766. The lowest BCUT2D eigenvalue weighted by molar-refractivity contribution is 0.744. The molecule has 0 N–H and O–H groups in total. The highest BCUT2D eigenvalue weighted by molar-refractivity contribution is 5.65. The highest BCUT2D eigenvalue weighted by Gasteiger charge is 2.04. The molecule has 0 aliphatic carbocycles. The molecule has 3 rings (SSSR count). The van der Waals surface area contributed by atoms with Crippen molar-refractivity contribution in [2.45, 2.75) is 32.6 Å². The minimum atomic E-state index is 1.10. The van der Waals surface area contributed by atoms with Gasteiger partial charge in [-0.2, -0.15) is 0 Å². The zero-order valence-electron chi connectivity index (χ0n) is 15.5. The molecule has 132 valence electrons. The van der Waals surface area contributed by atoms with E-state index in [1.54, 1.807) is 0 Å². The highest BCUT2D eigenvalue weighted by atomic mass is 15.1. The van der Waals surface area contributed by atoms with Crippen molar-refractivity contribution in [2.24, 2.45) is 0 Å². The molecule has 0 radical (unpaired) electrons. The lowest BCUT2D eigenvalue weighted by Gasteiger charge is -2.20. The summed E-state index contributed by atoms with van der Waals surface area (Å²) in [6.45, 7) is 2.20. The Hall–Kier alpha value is -2.80. The molecule has 0 bridgehead atoms. The molecule has 0 saturated heterocycles. The van der Waals surface area contributed by atoms with Crippen LogP contribution < -0.4 is 4.90 Å². The van der Waals surface area contributed by atoms with E-state index in [-0.39, 0.29) is 0 Å². The average molecular weight is 341 g/mol. The lowest BCUT2D eigenvalue weighted by atomic mass is 10.0. The molecule has 1 heteroatoms. The van der Waals surface area contributed by atoms with Crippen molar-refractivity contribution in [3.63, 3.8) is 0 Å². The third-order valence-corrected chi connectivity index (χ3v) is 4.65. The van der Waals surface area contributed by atoms with Gasteiger partial charge in [0.15, 0.2) is 0 Å². The largest absolute Gasteiger partial charge is 0.318 e. The number of nitrogens with zero attached hydrogens (tertiary/aromatic N) is 1. The average Bonchev–Trinajstić information content (AvgIpc) is 2.70. The summed E-state index contributed by atoms with van der Waals surface area (Å²) < 4.78 is 0. The molecule has 3 aromatic rings. The smallest absolute Gasteiger partial charge is 0.0455 e. The summed E-state index contributed by atoms with van der Waals surface area (Å²) in [4.78, 5) is 2.25. The summed E-state index contributed by atoms with van der Waals surface area (Å²) in [6, 6.07) is 29.7. The first-order chi connectivity index (χ1) is 12.8. The van der Waals surface area contributed by atoms with E-state index in [1.165, 1.54) is 41.8 Å². The Kier molecular flexibility index (Phi) is 6.66. The van der Waals surface area contributed by atoms with Gasteiger partial charge in [0.2, 0.25) is 0 Å². The topological polar surface area (TPSA) is 3.24 Å². The van der Waals surface area contributed by atoms with Gasteiger partial charge in [-0.15, -0.1) is 0 Å². The van der Waals surface area contributed by atoms with E-state index >= 15 is 0 Å². The molecule has 0 aliphatic rings. The van der Waals surface area contributed by atoms with E-state index in [2.05, 4.69) is 109 Å². The number of hydrogen-bond acceptors (Lipinski definition) is 1. The molecule has 26 heavy (non-hydrogen) atoms. The predicted octanol–water partition coefficient (Wildman–Crippen LogP) is 7.06. The lowest BCUT2D eigenvalue weighted by Crippen LogP contribution is -2.07. The minimum absolute atomic E-state index is 1.10. The van der Waals surface area contributed by atoms with E-state index in [4.69, 9.17) is 0 Å². The van der Waals surface area contributed by atoms with Gasteiger partial charge in [0, 0.05) is 17.6 Å². The van der Waals surface area contributed by atoms with Crippen LogP contribution in [0, 0.1) is 6.92 Å². The second-order valence-corrected chi connectivity index (χ2v) is 6.60. The Balaban J connectivity index is 1.56. The van der Waals surface area contributed by atoms with Crippen molar-refractivity contribution >= 4 is 11.4 Å². The van der Waals surface area contributed by atoms with Gasteiger partial charge in [0.25, 0.3) is 0 Å². The van der Waals surface area contributed by atoms with Crippen LogP contribution in [0.25, 0.3) is 0 Å². The fourth-order valence-corrected chi connectivity index (χ4v) is 3.15. The number of anilines is 2. The molecule has 0 aliphatic heterocycles. The number of aryl methyl sites for hydroxylation is 2. The fourth-order valence-electron chi connectivity index (χ4n) is 3.15. The van der Waals surface area contributed by atoms with Crippen LogP contribution in [0.15, 0.2) is 97.2 Å². The van der Waals surface area contributed by atoms with Gasteiger partial charge in [-0.25, -0.2) is 0 Å². The van der Waals surface area contributed by atoms with Gasteiger partial charge in [-0.3, -0.25) is 0 Å². The molecular formula is C25H27N. The summed E-state index contributed by atoms with van der Waals surface area (Å²) in [5, 5.41) is 0. The first kappa shape index (κ1) is 18.0. The van der Waals surface area contributed by atoms with Crippen LogP contribution in [0.1, 0.15) is 30.4 Å². The van der Waals surface area contributed by atoms with Gasteiger partial charge < -0.3 is 4.90 Å². The summed E-state index contributed by atoms with van der Waals surface area (Å²) in [6.07, 6.45) is 9.20. The molecule has 0 amide bonds. The van der Waals surface area contributed by atoms with E-state index in [9.17, 15) is 0 Å². The van der Waals surface area contributed by atoms with Crippen LogP contribution in [-0.2, 0) is 6.42 Å². The number of hydrogen-bond donors (Lipinski definition) is 0. The van der Waals surface area contributed by atoms with E-state index in [0.717, 1.165) is 6.42 Å². The third kappa shape index (κ3) is 5.10. The number of rotatable bonds is 8. The van der Waals surface area contributed by atoms with E-state index < -0.39 is 0 Å². The standard InChI is InChI=1S/C25H27N/c1-22-14-11-12-16-23(22)15-6-2-3-13-21-26(24-17-7-4-8-18-24)25-19-9-5-10-20-25/h4-5,7-14,16-21H,2-3,6,15H2,1H3. The van der Waals surface area contributed by atoms with Crippen LogP contribution in [0.5, 0.6) is 0 Å². The SMILES string of the molecule is Cc1ccccc1CCCCC=CN(c1ccccc1)c1ccccc1. The molecule has 0 unspecified atom stereocenters. The van der Waals surface area contributed by atoms with Gasteiger partial charge in [-0.05, 0) is 68.0 Å². The molecule has 0 fully saturated rings. The summed E-state index contributed by atoms with van der Waals surface area (Å²) in [5.41, 5.74) is 5.26. The number of allylic oxidation sites excluding steroid dienone is 1. The van der Waals surface area contributed by atoms with E-state index in [0.29, 0.717) is 0 Å². The third-order valence-electron chi connectivity index (χ3n) is 4.65. The molecule has 0 atom stereocenters. The Morgan fingerprint density at radius 1 is 0.692 bits per heavy atom. The second-order valence-electron chi connectivity index (χ2n) is 6.60. The molecule has 3 aromatic carbocycles. The first-order valence-corrected chi connectivity index (χ1v) is 9.45. The van der Waals surface area contributed by atoms with Crippen LogP contribution in [0.3, 0.4) is 0 Å². The summed E-state index contributed by atoms with van der Waals surface area (Å²) >= 11 is 0. The predicted molar refractivity (Wildman–Crippen MR) is 113 cm³/mol. The van der Waals surface area contributed by atoms with Crippen molar-refractivity contribution in [1.29, 1.82) is 0 Å². The van der Waals surface area contributed by atoms with Crippen molar-refractivity contribution in [3.8, 4) is 0 Å². The number of para-hydroxylation sites is 2. The molecule has 0 aromatic heterocycles. The molecular weight excluding hydrogens is 314 g/mol. The quantitative estimate of drug-likeness (QED) is 0.396. The van der Waals surface area contributed by atoms with Crippen molar-refractivity contribution in [2.75, 3.05) is 4.90 Å². The molecule has 0 spiro atoms. The monoisotopic (exact) mass is 341 g/mol. The number of unbranched alkanes of at least 4 members (excludes halogenated alkanes) is 2. The summed E-state index contributed by atoms with van der Waals surface area (Å²) in [7, 11) is 0. The van der Waals surface area contributed by atoms with Crippen LogP contribution in [0.2, 0.25) is 0 Å². The molecule has 1 nitrogen and oxygen atoms in total. The number of benzene rings is 3. The molecule has 0 heterocycles. The summed E-state index contributed by atoms with van der Waals surface area (Å²) in [5.74, 6) is 0. The van der Waals surface area contributed by atoms with Gasteiger partial charge in [0.1, 0.15) is 0 Å². The fraction of sp³-hybridized carbons (Fsp3) is 0.200. The van der Waals surface area contributed by atoms with Crippen molar-refractivity contribution in [1.82, 2.24) is 0 Å². The maximum atomic E-state index is 2.29. The second kappa shape index (κ2) is 9.62. The van der Waals surface area contributed by atoms with Gasteiger partial charge in [-0.1, -0.05) is 66.7 Å².